The fourth-order valence-corrected chi connectivity index (χ4v) is 5.12. The van der Waals surface area contributed by atoms with E-state index < -0.39 is 20.0 Å². The Morgan fingerprint density at radius 1 is 0.700 bits per heavy atom. The molecule has 8 heteroatoms. The lowest BCUT2D eigenvalue weighted by Gasteiger charge is -2.12. The van der Waals surface area contributed by atoms with Crippen LogP contribution < -0.4 is 9.44 Å². The van der Waals surface area contributed by atoms with Crippen LogP contribution in [0, 0.1) is 6.92 Å². The number of hydrogen-bond donors (Lipinski definition) is 2. The maximum atomic E-state index is 12.6. The van der Waals surface area contributed by atoms with Crippen molar-refractivity contribution in [2.45, 2.75) is 36.5 Å². The van der Waals surface area contributed by atoms with Crippen LogP contribution in [-0.4, -0.2) is 16.8 Å². The molecule has 0 aromatic heterocycles. The maximum absolute atomic E-state index is 12.6. The van der Waals surface area contributed by atoms with Gasteiger partial charge in [0.1, 0.15) is 0 Å². The number of hydrogen-bond acceptors (Lipinski definition) is 4. The topological polar surface area (TPSA) is 92.3 Å². The van der Waals surface area contributed by atoms with Crippen LogP contribution >= 0.6 is 0 Å². The maximum Gasteiger partial charge on any atom is 0.261 e. The normalized spacial score (nSPS) is 11.8. The van der Waals surface area contributed by atoms with Crippen LogP contribution in [0.4, 0.5) is 11.4 Å². The lowest BCUT2D eigenvalue weighted by molar-refractivity contribution is 0.600. The van der Waals surface area contributed by atoms with Gasteiger partial charge >= 0.3 is 0 Å². The molecule has 0 bridgehead atoms. The van der Waals surface area contributed by atoms with Gasteiger partial charge in [0.25, 0.3) is 20.0 Å². The Morgan fingerprint density at radius 2 is 1.23 bits per heavy atom. The summed E-state index contributed by atoms with van der Waals surface area (Å²) < 4.78 is 55.4. The van der Waals surface area contributed by atoms with Gasteiger partial charge in [0.15, 0.2) is 0 Å². The van der Waals surface area contributed by atoms with Crippen molar-refractivity contribution < 1.29 is 16.8 Å². The third-order valence-corrected chi connectivity index (χ3v) is 7.36. The van der Waals surface area contributed by atoms with Gasteiger partial charge in [0.05, 0.1) is 15.5 Å². The third kappa shape index (κ3) is 5.20. The van der Waals surface area contributed by atoms with Crippen molar-refractivity contribution in [1.29, 1.82) is 0 Å². The minimum absolute atomic E-state index is 0.0395. The van der Waals surface area contributed by atoms with Crippen molar-refractivity contribution in [3.8, 4) is 0 Å². The largest absolute Gasteiger partial charge is 0.280 e. The van der Waals surface area contributed by atoms with E-state index in [4.69, 9.17) is 0 Å². The zero-order valence-corrected chi connectivity index (χ0v) is 18.4. The minimum atomic E-state index is -3.79. The molecule has 0 unspecified atom stereocenters. The summed E-state index contributed by atoms with van der Waals surface area (Å²) in [5.41, 5.74) is 2.65. The second kappa shape index (κ2) is 8.89. The molecular weight excluding hydrogens is 420 g/mol. The number of rotatable bonds is 8. The number of anilines is 2. The fraction of sp³-hybridized carbons (Fsp3) is 0.182. The SMILES string of the molecule is CCCc1ccc(S(=O)(=O)Nc2ccc(S(=O)(=O)Nc3ccccc3C)cc2)cc1. The lowest BCUT2D eigenvalue weighted by atomic mass is 10.1. The van der Waals surface area contributed by atoms with E-state index in [9.17, 15) is 16.8 Å². The quantitative estimate of drug-likeness (QED) is 0.533. The molecule has 3 aromatic carbocycles. The van der Waals surface area contributed by atoms with Crippen LogP contribution in [0.3, 0.4) is 0 Å². The van der Waals surface area contributed by atoms with E-state index in [1.54, 1.807) is 36.4 Å². The van der Waals surface area contributed by atoms with Crippen LogP contribution in [0.25, 0.3) is 0 Å². The standard InChI is InChI=1S/C22H24N2O4S2/c1-3-6-18-9-13-20(14-10-18)29(25,26)23-19-11-15-21(16-12-19)30(27,28)24-22-8-5-4-7-17(22)2/h4-5,7-16,23-24H,3,6H2,1-2H3. The molecule has 0 amide bonds. The first-order valence-corrected chi connectivity index (χ1v) is 12.5. The molecule has 3 rings (SSSR count). The molecule has 0 aliphatic heterocycles. The summed E-state index contributed by atoms with van der Waals surface area (Å²) in [6.45, 7) is 3.87. The second-order valence-corrected chi connectivity index (χ2v) is 10.3. The smallest absolute Gasteiger partial charge is 0.261 e. The predicted octanol–water partition coefficient (Wildman–Crippen LogP) is 4.55. The van der Waals surface area contributed by atoms with Gasteiger partial charge in [0.2, 0.25) is 0 Å². The van der Waals surface area contributed by atoms with Crippen molar-refractivity contribution in [3.63, 3.8) is 0 Å². The molecule has 158 valence electrons. The van der Waals surface area contributed by atoms with Gasteiger partial charge in [-0.15, -0.1) is 0 Å². The molecule has 0 spiro atoms. The van der Waals surface area contributed by atoms with Gasteiger partial charge in [-0.3, -0.25) is 9.44 Å². The number of sulfonamides is 2. The van der Waals surface area contributed by atoms with E-state index in [0.29, 0.717) is 5.69 Å². The highest BCUT2D eigenvalue weighted by Gasteiger charge is 2.17. The van der Waals surface area contributed by atoms with E-state index in [1.165, 1.54) is 24.3 Å². The Morgan fingerprint density at radius 3 is 1.80 bits per heavy atom. The predicted molar refractivity (Wildman–Crippen MR) is 120 cm³/mol. The Hall–Kier alpha value is -2.84. The molecule has 0 radical (unpaired) electrons. The van der Waals surface area contributed by atoms with Gasteiger partial charge in [-0.1, -0.05) is 43.7 Å². The second-order valence-electron chi connectivity index (χ2n) is 6.94. The number of aryl methyl sites for hydroxylation is 2. The third-order valence-electron chi connectivity index (χ3n) is 4.58. The zero-order chi connectivity index (χ0) is 21.8. The Kier molecular flexibility index (Phi) is 6.48. The average molecular weight is 445 g/mol. The van der Waals surface area contributed by atoms with Crippen molar-refractivity contribution >= 4 is 31.4 Å². The number of nitrogens with one attached hydrogen (secondary N) is 2. The summed E-state index contributed by atoms with van der Waals surface area (Å²) in [6.07, 6.45) is 1.87. The van der Waals surface area contributed by atoms with Gasteiger partial charge in [-0.05, 0) is 66.9 Å². The highest BCUT2D eigenvalue weighted by Crippen LogP contribution is 2.22. The van der Waals surface area contributed by atoms with E-state index in [0.717, 1.165) is 24.0 Å². The lowest BCUT2D eigenvalue weighted by Crippen LogP contribution is -2.15. The molecule has 3 aromatic rings. The van der Waals surface area contributed by atoms with E-state index in [-0.39, 0.29) is 15.5 Å². The molecule has 0 atom stereocenters. The van der Waals surface area contributed by atoms with Gasteiger partial charge in [0, 0.05) is 5.69 Å². The van der Waals surface area contributed by atoms with E-state index in [2.05, 4.69) is 16.4 Å². The molecule has 6 nitrogen and oxygen atoms in total. The molecule has 2 N–H and O–H groups in total. The number of para-hydroxylation sites is 1. The molecule has 0 aliphatic rings. The molecule has 0 aliphatic carbocycles. The first kappa shape index (κ1) is 21.9. The van der Waals surface area contributed by atoms with Crippen molar-refractivity contribution in [2.75, 3.05) is 9.44 Å². The summed E-state index contributed by atoms with van der Waals surface area (Å²) in [5.74, 6) is 0. The van der Waals surface area contributed by atoms with Crippen LogP contribution in [-0.2, 0) is 26.5 Å². The van der Waals surface area contributed by atoms with Crippen LogP contribution in [0.5, 0.6) is 0 Å². The highest BCUT2D eigenvalue weighted by atomic mass is 32.2. The van der Waals surface area contributed by atoms with Gasteiger partial charge in [-0.2, -0.15) is 0 Å². The molecular formula is C22H24N2O4S2. The Bertz CT molecular complexity index is 1220. The molecule has 0 fully saturated rings. The van der Waals surface area contributed by atoms with Crippen LogP contribution in [0.15, 0.2) is 82.6 Å². The Labute approximate surface area is 178 Å². The molecule has 0 heterocycles. The van der Waals surface area contributed by atoms with Crippen molar-refractivity contribution in [3.05, 3.63) is 83.9 Å². The first-order valence-electron chi connectivity index (χ1n) is 9.51. The van der Waals surface area contributed by atoms with Gasteiger partial charge in [-0.25, -0.2) is 16.8 Å². The van der Waals surface area contributed by atoms with Crippen LogP contribution in [0.2, 0.25) is 0 Å². The minimum Gasteiger partial charge on any atom is -0.280 e. The molecule has 0 saturated heterocycles. The fourth-order valence-electron chi connectivity index (χ4n) is 2.93. The van der Waals surface area contributed by atoms with E-state index >= 15 is 0 Å². The zero-order valence-electron chi connectivity index (χ0n) is 16.8. The summed E-state index contributed by atoms with van der Waals surface area (Å²) in [6, 6.07) is 19.4. The van der Waals surface area contributed by atoms with Crippen molar-refractivity contribution in [1.82, 2.24) is 0 Å². The average Bonchev–Trinajstić information content (AvgIpc) is 2.70. The van der Waals surface area contributed by atoms with Crippen LogP contribution in [0.1, 0.15) is 24.5 Å². The summed E-state index contributed by atoms with van der Waals surface area (Å²) in [4.78, 5) is 0.192. The molecule has 0 saturated carbocycles. The number of benzene rings is 3. The van der Waals surface area contributed by atoms with Gasteiger partial charge < -0.3 is 0 Å². The summed E-state index contributed by atoms with van der Waals surface area (Å²) >= 11 is 0. The summed E-state index contributed by atoms with van der Waals surface area (Å²) in [7, 11) is -7.55. The Balaban J connectivity index is 1.75. The summed E-state index contributed by atoms with van der Waals surface area (Å²) in [5, 5.41) is 0. The van der Waals surface area contributed by atoms with Crippen molar-refractivity contribution in [2.24, 2.45) is 0 Å². The van der Waals surface area contributed by atoms with E-state index in [1.807, 2.05) is 19.1 Å². The first-order chi connectivity index (χ1) is 14.2. The monoisotopic (exact) mass is 444 g/mol. The molecule has 30 heavy (non-hydrogen) atoms. The highest BCUT2D eigenvalue weighted by molar-refractivity contribution is 7.93.